The average molecular weight is 445 g/mol. The van der Waals surface area contributed by atoms with Gasteiger partial charge in [0.15, 0.2) is 0 Å². The zero-order chi connectivity index (χ0) is 24.0. The van der Waals surface area contributed by atoms with E-state index in [0.717, 1.165) is 11.3 Å². The van der Waals surface area contributed by atoms with Gasteiger partial charge in [0, 0.05) is 19.2 Å². The zero-order valence-electron chi connectivity index (χ0n) is 20.0. The SMILES string of the molecule is CCN(CC)C(=O)c1cnn(-c2ccccc2)c1NC(=O)/C=C/c1ccc(C(C)(C)C)cc1. The second-order valence-corrected chi connectivity index (χ2v) is 8.83. The number of rotatable bonds is 7. The minimum atomic E-state index is -0.332. The Morgan fingerprint density at radius 2 is 1.64 bits per heavy atom. The molecular formula is C27H32N4O2. The summed E-state index contributed by atoms with van der Waals surface area (Å²) in [5.41, 5.74) is 3.35. The highest BCUT2D eigenvalue weighted by Crippen LogP contribution is 2.24. The van der Waals surface area contributed by atoms with Crippen molar-refractivity contribution in [3.05, 3.63) is 83.6 Å². The molecule has 33 heavy (non-hydrogen) atoms. The van der Waals surface area contributed by atoms with Gasteiger partial charge in [-0.15, -0.1) is 0 Å². The first-order chi connectivity index (χ1) is 15.7. The van der Waals surface area contributed by atoms with E-state index >= 15 is 0 Å². The molecule has 0 aliphatic carbocycles. The highest BCUT2D eigenvalue weighted by Gasteiger charge is 2.23. The van der Waals surface area contributed by atoms with Gasteiger partial charge >= 0.3 is 0 Å². The maximum absolute atomic E-state index is 13.0. The third-order valence-corrected chi connectivity index (χ3v) is 5.50. The number of carbonyl (C=O) groups excluding carboxylic acids is 2. The lowest BCUT2D eigenvalue weighted by Crippen LogP contribution is -2.31. The van der Waals surface area contributed by atoms with Crippen LogP contribution in [0.1, 0.15) is 56.1 Å². The van der Waals surface area contributed by atoms with Gasteiger partial charge in [0.05, 0.1) is 11.9 Å². The molecule has 0 aliphatic rings. The molecule has 0 saturated carbocycles. The van der Waals surface area contributed by atoms with Crippen LogP contribution in [0, 0.1) is 0 Å². The molecule has 1 heterocycles. The normalized spacial score (nSPS) is 11.5. The van der Waals surface area contributed by atoms with Crippen molar-refractivity contribution in [3.63, 3.8) is 0 Å². The van der Waals surface area contributed by atoms with E-state index in [0.29, 0.717) is 24.5 Å². The van der Waals surface area contributed by atoms with Gasteiger partial charge in [-0.2, -0.15) is 5.10 Å². The molecule has 172 valence electrons. The van der Waals surface area contributed by atoms with Crippen molar-refractivity contribution in [1.82, 2.24) is 14.7 Å². The van der Waals surface area contributed by atoms with Crippen molar-refractivity contribution in [2.24, 2.45) is 0 Å². The molecule has 6 nitrogen and oxygen atoms in total. The molecule has 1 aromatic heterocycles. The first kappa shape index (κ1) is 24.0. The minimum Gasteiger partial charge on any atom is -0.339 e. The van der Waals surface area contributed by atoms with Crippen molar-refractivity contribution < 1.29 is 9.59 Å². The molecule has 0 spiro atoms. The molecule has 6 heteroatoms. The van der Waals surface area contributed by atoms with Gasteiger partial charge in [0.25, 0.3) is 5.91 Å². The summed E-state index contributed by atoms with van der Waals surface area (Å²) in [7, 11) is 0. The van der Waals surface area contributed by atoms with E-state index in [-0.39, 0.29) is 17.2 Å². The Hall–Kier alpha value is -3.67. The minimum absolute atomic E-state index is 0.0727. The van der Waals surface area contributed by atoms with Crippen LogP contribution in [-0.2, 0) is 10.2 Å². The van der Waals surface area contributed by atoms with E-state index in [1.165, 1.54) is 17.8 Å². The largest absolute Gasteiger partial charge is 0.339 e. The first-order valence-corrected chi connectivity index (χ1v) is 11.3. The number of hydrogen-bond acceptors (Lipinski definition) is 3. The molecule has 0 bridgehead atoms. The van der Waals surface area contributed by atoms with Gasteiger partial charge in [0.1, 0.15) is 11.4 Å². The summed E-state index contributed by atoms with van der Waals surface area (Å²) in [6.45, 7) is 11.5. The van der Waals surface area contributed by atoms with E-state index in [1.54, 1.807) is 15.7 Å². The van der Waals surface area contributed by atoms with Crippen molar-refractivity contribution >= 4 is 23.7 Å². The lowest BCUT2D eigenvalue weighted by atomic mass is 9.87. The molecule has 3 rings (SSSR count). The topological polar surface area (TPSA) is 67.2 Å². The molecule has 1 N–H and O–H groups in total. The summed E-state index contributed by atoms with van der Waals surface area (Å²) >= 11 is 0. The van der Waals surface area contributed by atoms with Crippen molar-refractivity contribution in [2.75, 3.05) is 18.4 Å². The summed E-state index contributed by atoms with van der Waals surface area (Å²) in [6, 6.07) is 17.6. The van der Waals surface area contributed by atoms with Gasteiger partial charge < -0.3 is 10.2 Å². The van der Waals surface area contributed by atoms with Gasteiger partial charge in [-0.1, -0.05) is 63.2 Å². The zero-order valence-corrected chi connectivity index (χ0v) is 20.0. The van der Waals surface area contributed by atoms with Crippen LogP contribution in [0.4, 0.5) is 5.82 Å². The monoisotopic (exact) mass is 444 g/mol. The fourth-order valence-corrected chi connectivity index (χ4v) is 3.50. The number of nitrogens with one attached hydrogen (secondary N) is 1. The Morgan fingerprint density at radius 1 is 1.00 bits per heavy atom. The van der Waals surface area contributed by atoms with E-state index in [1.807, 2.05) is 56.3 Å². The van der Waals surface area contributed by atoms with Crippen LogP contribution >= 0.6 is 0 Å². The van der Waals surface area contributed by atoms with E-state index in [9.17, 15) is 9.59 Å². The number of nitrogens with zero attached hydrogens (tertiary/aromatic N) is 3. The summed E-state index contributed by atoms with van der Waals surface area (Å²) in [5, 5.41) is 7.27. The van der Waals surface area contributed by atoms with E-state index in [2.05, 4.69) is 43.3 Å². The van der Waals surface area contributed by atoms with Crippen LogP contribution in [0.3, 0.4) is 0 Å². The number of hydrogen-bond donors (Lipinski definition) is 1. The Kier molecular flexibility index (Phi) is 7.48. The Labute approximate surface area is 195 Å². The number of carbonyl (C=O) groups is 2. The lowest BCUT2D eigenvalue weighted by Gasteiger charge is -2.19. The van der Waals surface area contributed by atoms with Crippen LogP contribution in [0.25, 0.3) is 11.8 Å². The Bertz CT molecular complexity index is 1120. The van der Waals surface area contributed by atoms with Gasteiger partial charge in [0.2, 0.25) is 5.91 Å². The van der Waals surface area contributed by atoms with Crippen LogP contribution in [0.2, 0.25) is 0 Å². The summed E-state index contributed by atoms with van der Waals surface area (Å²) < 4.78 is 1.58. The fourth-order valence-electron chi connectivity index (χ4n) is 3.50. The predicted octanol–water partition coefficient (Wildman–Crippen LogP) is 5.30. The number of anilines is 1. The lowest BCUT2D eigenvalue weighted by molar-refractivity contribution is -0.111. The maximum Gasteiger partial charge on any atom is 0.259 e. The van der Waals surface area contributed by atoms with Crippen LogP contribution < -0.4 is 5.32 Å². The Balaban J connectivity index is 1.87. The Morgan fingerprint density at radius 3 is 2.21 bits per heavy atom. The van der Waals surface area contributed by atoms with Crippen LogP contribution in [0.5, 0.6) is 0 Å². The van der Waals surface area contributed by atoms with E-state index < -0.39 is 0 Å². The van der Waals surface area contributed by atoms with Crippen molar-refractivity contribution in [2.45, 2.75) is 40.0 Å². The second kappa shape index (κ2) is 10.3. The highest BCUT2D eigenvalue weighted by atomic mass is 16.2. The molecule has 2 aromatic carbocycles. The number of para-hydroxylation sites is 1. The van der Waals surface area contributed by atoms with Crippen molar-refractivity contribution in [3.8, 4) is 5.69 Å². The third-order valence-electron chi connectivity index (χ3n) is 5.50. The molecule has 0 fully saturated rings. The first-order valence-electron chi connectivity index (χ1n) is 11.3. The number of aromatic nitrogens is 2. The molecule has 0 atom stereocenters. The quantitative estimate of drug-likeness (QED) is 0.503. The molecule has 3 aromatic rings. The number of benzene rings is 2. The smallest absolute Gasteiger partial charge is 0.259 e. The maximum atomic E-state index is 13.0. The molecule has 0 unspecified atom stereocenters. The highest BCUT2D eigenvalue weighted by molar-refractivity contribution is 6.07. The predicted molar refractivity (Wildman–Crippen MR) is 134 cm³/mol. The molecule has 2 amide bonds. The molecule has 0 saturated heterocycles. The molecule has 0 aliphatic heterocycles. The van der Waals surface area contributed by atoms with Crippen LogP contribution in [-0.4, -0.2) is 39.6 Å². The number of amides is 2. The molecule has 0 radical (unpaired) electrons. The standard InChI is InChI=1S/C27H32N4O2/c1-6-30(7-2)26(33)23-19-28-31(22-11-9-8-10-12-22)25(23)29-24(32)18-15-20-13-16-21(17-14-20)27(3,4)5/h8-19H,6-7H2,1-5H3,(H,29,32)/b18-15+. The summed E-state index contributed by atoms with van der Waals surface area (Å²) in [4.78, 5) is 27.6. The van der Waals surface area contributed by atoms with Crippen molar-refractivity contribution in [1.29, 1.82) is 0 Å². The average Bonchev–Trinajstić information content (AvgIpc) is 3.22. The second-order valence-electron chi connectivity index (χ2n) is 8.83. The summed E-state index contributed by atoms with van der Waals surface area (Å²) in [6.07, 6.45) is 4.75. The van der Waals surface area contributed by atoms with E-state index in [4.69, 9.17) is 0 Å². The van der Waals surface area contributed by atoms with Crippen LogP contribution in [0.15, 0.2) is 66.9 Å². The summed E-state index contributed by atoms with van der Waals surface area (Å²) in [5.74, 6) is -0.142. The molecular weight excluding hydrogens is 412 g/mol. The van der Waals surface area contributed by atoms with Gasteiger partial charge in [-0.25, -0.2) is 4.68 Å². The third kappa shape index (κ3) is 5.77. The van der Waals surface area contributed by atoms with Gasteiger partial charge in [-0.3, -0.25) is 9.59 Å². The van der Waals surface area contributed by atoms with Gasteiger partial charge in [-0.05, 0) is 48.6 Å². The fraction of sp³-hybridized carbons (Fsp3) is 0.296.